The Hall–Kier alpha value is -2.35. The highest BCUT2D eigenvalue weighted by Gasteiger charge is 2.31. The largest absolute Gasteiger partial charge is 0.478 e. The molecule has 2 rings (SSSR count). The molecular formula is C15H11F3O4S. The molecule has 1 N–H and O–H groups in total. The predicted molar refractivity (Wildman–Crippen MR) is 75.7 cm³/mol. The van der Waals surface area contributed by atoms with Crippen molar-refractivity contribution >= 4 is 15.8 Å². The van der Waals surface area contributed by atoms with Crippen LogP contribution in [0.5, 0.6) is 0 Å². The number of halogens is 3. The number of aromatic carboxylic acids is 1. The van der Waals surface area contributed by atoms with Crippen LogP contribution >= 0.6 is 0 Å². The fourth-order valence-corrected chi connectivity index (χ4v) is 3.43. The molecule has 0 saturated heterocycles. The molecule has 0 aromatic heterocycles. The molecule has 0 amide bonds. The first kappa shape index (κ1) is 17.0. The minimum atomic E-state index is -4.66. The molecule has 2 aromatic carbocycles. The predicted octanol–water partition coefficient (Wildman–Crippen LogP) is 3.38. The van der Waals surface area contributed by atoms with E-state index < -0.39 is 38.2 Å². The molecule has 8 heteroatoms. The molecule has 0 atom stereocenters. The lowest BCUT2D eigenvalue weighted by Crippen LogP contribution is -2.11. The van der Waals surface area contributed by atoms with Crippen molar-refractivity contribution in [2.45, 2.75) is 16.8 Å². The SMILES string of the molecule is O=C(O)c1ccccc1CS(=O)(=O)c1cccc(C(F)(F)F)c1. The Morgan fingerprint density at radius 2 is 1.70 bits per heavy atom. The summed E-state index contributed by atoms with van der Waals surface area (Å²) in [5.41, 5.74) is -1.27. The van der Waals surface area contributed by atoms with Crippen molar-refractivity contribution in [2.24, 2.45) is 0 Å². The topological polar surface area (TPSA) is 71.4 Å². The first-order valence-electron chi connectivity index (χ1n) is 6.32. The summed E-state index contributed by atoms with van der Waals surface area (Å²) in [7, 11) is -4.12. The van der Waals surface area contributed by atoms with Gasteiger partial charge in [-0.15, -0.1) is 0 Å². The van der Waals surface area contributed by atoms with Crippen LogP contribution in [0.3, 0.4) is 0 Å². The third-order valence-electron chi connectivity index (χ3n) is 3.11. The number of rotatable bonds is 4. The maximum Gasteiger partial charge on any atom is 0.416 e. The van der Waals surface area contributed by atoms with Gasteiger partial charge in [0.25, 0.3) is 0 Å². The van der Waals surface area contributed by atoms with Crippen LogP contribution < -0.4 is 0 Å². The molecule has 0 aliphatic rings. The molecule has 0 spiro atoms. The highest BCUT2D eigenvalue weighted by atomic mass is 32.2. The van der Waals surface area contributed by atoms with Crippen molar-refractivity contribution in [3.05, 3.63) is 65.2 Å². The summed E-state index contributed by atoms with van der Waals surface area (Å²) in [6.45, 7) is 0. The smallest absolute Gasteiger partial charge is 0.416 e. The van der Waals surface area contributed by atoms with Gasteiger partial charge in [0.15, 0.2) is 9.84 Å². The van der Waals surface area contributed by atoms with Crippen LogP contribution in [0.2, 0.25) is 0 Å². The summed E-state index contributed by atoms with van der Waals surface area (Å²) in [4.78, 5) is 10.6. The molecule has 0 fully saturated rings. The van der Waals surface area contributed by atoms with E-state index in [-0.39, 0.29) is 11.1 Å². The van der Waals surface area contributed by atoms with E-state index >= 15 is 0 Å². The fourth-order valence-electron chi connectivity index (χ4n) is 2.01. The summed E-state index contributed by atoms with van der Waals surface area (Å²) < 4.78 is 62.6. The highest BCUT2D eigenvalue weighted by molar-refractivity contribution is 7.90. The molecule has 2 aromatic rings. The van der Waals surface area contributed by atoms with E-state index in [1.54, 1.807) is 0 Å². The monoisotopic (exact) mass is 344 g/mol. The van der Waals surface area contributed by atoms with Crippen LogP contribution in [0, 0.1) is 0 Å². The quantitative estimate of drug-likeness (QED) is 0.923. The minimum absolute atomic E-state index is 0.0115. The Balaban J connectivity index is 2.43. The Morgan fingerprint density at radius 1 is 1.04 bits per heavy atom. The number of sulfone groups is 1. The molecule has 122 valence electrons. The Labute approximate surface area is 130 Å². The number of benzene rings is 2. The average molecular weight is 344 g/mol. The van der Waals surface area contributed by atoms with E-state index in [4.69, 9.17) is 5.11 Å². The normalized spacial score (nSPS) is 12.1. The van der Waals surface area contributed by atoms with Crippen LogP contribution in [0.15, 0.2) is 53.4 Å². The molecule has 0 radical (unpaired) electrons. The van der Waals surface area contributed by atoms with E-state index in [1.807, 2.05) is 0 Å². The molecule has 0 aliphatic heterocycles. The van der Waals surface area contributed by atoms with Crippen molar-refractivity contribution in [2.75, 3.05) is 0 Å². The molecule has 0 bridgehead atoms. The van der Waals surface area contributed by atoms with E-state index in [9.17, 15) is 26.4 Å². The van der Waals surface area contributed by atoms with Gasteiger partial charge >= 0.3 is 12.1 Å². The van der Waals surface area contributed by atoms with E-state index in [0.717, 1.165) is 18.2 Å². The third-order valence-corrected chi connectivity index (χ3v) is 4.78. The number of hydrogen-bond donors (Lipinski definition) is 1. The maximum absolute atomic E-state index is 12.7. The molecular weight excluding hydrogens is 333 g/mol. The Kier molecular flexibility index (Phi) is 4.46. The zero-order valence-corrected chi connectivity index (χ0v) is 12.4. The Bertz CT molecular complexity index is 842. The van der Waals surface area contributed by atoms with E-state index in [2.05, 4.69) is 0 Å². The van der Waals surface area contributed by atoms with Gasteiger partial charge in [0.05, 0.1) is 21.8 Å². The zero-order chi connectivity index (χ0) is 17.3. The number of carbonyl (C=O) groups is 1. The average Bonchev–Trinajstić information content (AvgIpc) is 2.46. The molecule has 0 aliphatic carbocycles. The van der Waals surface area contributed by atoms with Gasteiger partial charge in [-0.3, -0.25) is 0 Å². The van der Waals surface area contributed by atoms with Gasteiger partial charge in [0.1, 0.15) is 0 Å². The van der Waals surface area contributed by atoms with E-state index in [1.165, 1.54) is 24.3 Å². The lowest BCUT2D eigenvalue weighted by Gasteiger charge is -2.10. The van der Waals surface area contributed by atoms with Gasteiger partial charge in [-0.05, 0) is 29.8 Å². The van der Waals surface area contributed by atoms with Crippen molar-refractivity contribution in [3.8, 4) is 0 Å². The van der Waals surface area contributed by atoms with Gasteiger partial charge in [-0.2, -0.15) is 13.2 Å². The lowest BCUT2D eigenvalue weighted by atomic mass is 10.1. The van der Waals surface area contributed by atoms with Gasteiger partial charge in [0, 0.05) is 0 Å². The van der Waals surface area contributed by atoms with Crippen LogP contribution in [0.25, 0.3) is 0 Å². The maximum atomic E-state index is 12.7. The molecule has 0 heterocycles. The summed E-state index contributed by atoms with van der Waals surface area (Å²) in [5, 5.41) is 9.04. The fraction of sp³-hybridized carbons (Fsp3) is 0.133. The number of carboxylic acids is 1. The molecule has 4 nitrogen and oxygen atoms in total. The third kappa shape index (κ3) is 3.89. The summed E-state index contributed by atoms with van der Waals surface area (Å²) in [5.74, 6) is -2.00. The van der Waals surface area contributed by atoms with Gasteiger partial charge < -0.3 is 5.11 Å². The standard InChI is InChI=1S/C15H11F3O4S/c16-15(17,18)11-5-3-6-12(8-11)23(21,22)9-10-4-1-2-7-13(10)14(19)20/h1-8H,9H2,(H,19,20). The first-order valence-corrected chi connectivity index (χ1v) is 7.98. The second-order valence-electron chi connectivity index (χ2n) is 4.75. The van der Waals surface area contributed by atoms with Crippen LogP contribution in [-0.2, 0) is 21.8 Å². The summed E-state index contributed by atoms with van der Waals surface area (Å²) in [6.07, 6.45) is -4.66. The molecule has 0 saturated carbocycles. The van der Waals surface area contributed by atoms with Crippen LogP contribution in [0.1, 0.15) is 21.5 Å². The highest BCUT2D eigenvalue weighted by Crippen LogP contribution is 2.31. The molecule has 0 unspecified atom stereocenters. The van der Waals surface area contributed by atoms with Crippen molar-refractivity contribution < 1.29 is 31.5 Å². The van der Waals surface area contributed by atoms with Crippen molar-refractivity contribution in [3.63, 3.8) is 0 Å². The summed E-state index contributed by atoms with van der Waals surface area (Å²) in [6, 6.07) is 8.80. The minimum Gasteiger partial charge on any atom is -0.478 e. The second-order valence-corrected chi connectivity index (χ2v) is 6.74. The van der Waals surface area contributed by atoms with Gasteiger partial charge in [0.2, 0.25) is 0 Å². The van der Waals surface area contributed by atoms with Gasteiger partial charge in [-0.25, -0.2) is 13.2 Å². The van der Waals surface area contributed by atoms with E-state index in [0.29, 0.717) is 6.07 Å². The number of carboxylic acid groups (broad SMARTS) is 1. The molecule has 23 heavy (non-hydrogen) atoms. The van der Waals surface area contributed by atoms with Crippen molar-refractivity contribution in [1.82, 2.24) is 0 Å². The van der Waals surface area contributed by atoms with Crippen molar-refractivity contribution in [1.29, 1.82) is 0 Å². The first-order chi connectivity index (χ1) is 10.6. The lowest BCUT2D eigenvalue weighted by molar-refractivity contribution is -0.137. The van der Waals surface area contributed by atoms with Crippen LogP contribution in [0.4, 0.5) is 13.2 Å². The second kappa shape index (κ2) is 6.04. The zero-order valence-electron chi connectivity index (χ0n) is 11.5. The van der Waals surface area contributed by atoms with Gasteiger partial charge in [-0.1, -0.05) is 24.3 Å². The van der Waals surface area contributed by atoms with Crippen LogP contribution in [-0.4, -0.2) is 19.5 Å². The Morgan fingerprint density at radius 3 is 2.30 bits per heavy atom. The summed E-state index contributed by atoms with van der Waals surface area (Å²) >= 11 is 0. The number of alkyl halides is 3. The number of hydrogen-bond acceptors (Lipinski definition) is 3.